The second-order valence-electron chi connectivity index (χ2n) is 5.91. The predicted octanol–water partition coefficient (Wildman–Crippen LogP) is 3.02. The van der Waals surface area contributed by atoms with E-state index in [4.69, 9.17) is 17.0 Å². The topological polar surface area (TPSA) is 58.6 Å². The lowest BCUT2D eigenvalue weighted by molar-refractivity contribution is -0.128. The van der Waals surface area contributed by atoms with E-state index < -0.39 is 11.8 Å². The fourth-order valence-corrected chi connectivity index (χ4v) is 2.72. The Morgan fingerprint density at radius 2 is 2.08 bits per heavy atom. The number of carbonyl (C=O) groups excluding carboxylic acids is 2. The fraction of sp³-hybridized carbons (Fsp3) is 0.316. The third-order valence-electron chi connectivity index (χ3n) is 3.80. The molecule has 6 heteroatoms. The van der Waals surface area contributed by atoms with Crippen molar-refractivity contribution in [2.75, 3.05) is 13.2 Å². The maximum Gasteiger partial charge on any atom is 0.265 e. The van der Waals surface area contributed by atoms with Gasteiger partial charge in [0.05, 0.1) is 6.61 Å². The van der Waals surface area contributed by atoms with Gasteiger partial charge in [-0.05, 0) is 48.8 Å². The van der Waals surface area contributed by atoms with Gasteiger partial charge in [-0.3, -0.25) is 19.8 Å². The number of ether oxygens (including phenoxy) is 1. The van der Waals surface area contributed by atoms with Crippen LogP contribution >= 0.6 is 12.2 Å². The van der Waals surface area contributed by atoms with Crippen LogP contribution in [0.4, 0.5) is 0 Å². The normalized spacial score (nSPS) is 16.4. The summed E-state index contributed by atoms with van der Waals surface area (Å²) >= 11 is 5.06. The SMILES string of the molecule is C=CCN1C(=O)/C(=C/c2cc(C(C)C)ccc2OCC)C(=O)NC1=S. The van der Waals surface area contributed by atoms with Crippen LogP contribution in [-0.4, -0.2) is 35.0 Å². The smallest absolute Gasteiger partial charge is 0.265 e. The van der Waals surface area contributed by atoms with E-state index in [1.54, 1.807) is 12.2 Å². The highest BCUT2D eigenvalue weighted by Crippen LogP contribution is 2.27. The molecule has 1 saturated heterocycles. The Morgan fingerprint density at radius 1 is 1.36 bits per heavy atom. The van der Waals surface area contributed by atoms with E-state index in [0.717, 1.165) is 5.56 Å². The molecule has 0 spiro atoms. The molecule has 0 atom stereocenters. The second kappa shape index (κ2) is 8.07. The van der Waals surface area contributed by atoms with Gasteiger partial charge >= 0.3 is 0 Å². The van der Waals surface area contributed by atoms with Gasteiger partial charge in [-0.1, -0.05) is 26.0 Å². The highest BCUT2D eigenvalue weighted by molar-refractivity contribution is 7.80. The molecule has 1 heterocycles. The summed E-state index contributed by atoms with van der Waals surface area (Å²) in [4.78, 5) is 26.2. The van der Waals surface area contributed by atoms with Gasteiger partial charge in [0, 0.05) is 12.1 Å². The van der Waals surface area contributed by atoms with Gasteiger partial charge in [0.1, 0.15) is 11.3 Å². The average molecular weight is 358 g/mol. The Labute approximate surface area is 153 Å². The standard InChI is InChI=1S/C19H22N2O3S/c1-5-9-21-18(23)15(17(22)20-19(21)25)11-14-10-13(12(3)4)7-8-16(14)24-6-2/h5,7-8,10-12H,1,6,9H2,2-4H3,(H,20,22,25)/b15-11+. The summed E-state index contributed by atoms with van der Waals surface area (Å²) in [7, 11) is 0. The van der Waals surface area contributed by atoms with Crippen LogP contribution in [0.5, 0.6) is 5.75 Å². The highest BCUT2D eigenvalue weighted by Gasteiger charge is 2.32. The highest BCUT2D eigenvalue weighted by atomic mass is 32.1. The van der Waals surface area contributed by atoms with Crippen molar-refractivity contribution in [3.8, 4) is 5.75 Å². The first kappa shape index (κ1) is 18.9. The maximum atomic E-state index is 12.6. The minimum atomic E-state index is -0.507. The van der Waals surface area contributed by atoms with Gasteiger partial charge in [0.25, 0.3) is 11.8 Å². The predicted molar refractivity (Wildman–Crippen MR) is 102 cm³/mol. The quantitative estimate of drug-likeness (QED) is 0.368. The van der Waals surface area contributed by atoms with Crippen molar-refractivity contribution in [2.24, 2.45) is 0 Å². The zero-order valence-electron chi connectivity index (χ0n) is 14.7. The molecule has 2 rings (SSSR count). The van der Waals surface area contributed by atoms with Crippen molar-refractivity contribution in [3.05, 3.63) is 47.6 Å². The van der Waals surface area contributed by atoms with Crippen LogP contribution in [0.2, 0.25) is 0 Å². The molecule has 0 radical (unpaired) electrons. The lowest BCUT2D eigenvalue weighted by atomic mass is 9.98. The Balaban J connectivity index is 2.50. The minimum absolute atomic E-state index is 0.0253. The van der Waals surface area contributed by atoms with E-state index >= 15 is 0 Å². The molecule has 1 N–H and O–H groups in total. The van der Waals surface area contributed by atoms with Gasteiger partial charge in [0.2, 0.25) is 0 Å². The lowest BCUT2D eigenvalue weighted by Crippen LogP contribution is -2.53. The van der Waals surface area contributed by atoms with E-state index in [-0.39, 0.29) is 17.2 Å². The van der Waals surface area contributed by atoms with Crippen molar-refractivity contribution < 1.29 is 14.3 Å². The molecule has 1 aliphatic rings. The Morgan fingerprint density at radius 3 is 2.68 bits per heavy atom. The third kappa shape index (κ3) is 4.14. The minimum Gasteiger partial charge on any atom is -0.493 e. The molecule has 0 unspecified atom stereocenters. The maximum absolute atomic E-state index is 12.6. The summed E-state index contributed by atoms with van der Waals surface area (Å²) in [6.45, 7) is 10.4. The second-order valence-corrected chi connectivity index (χ2v) is 6.29. The Hall–Kier alpha value is -2.47. The van der Waals surface area contributed by atoms with Crippen molar-refractivity contribution in [1.29, 1.82) is 0 Å². The van der Waals surface area contributed by atoms with E-state index in [2.05, 4.69) is 25.7 Å². The Bertz CT molecular complexity index is 753. The first-order chi connectivity index (χ1) is 11.9. The van der Waals surface area contributed by atoms with Crippen molar-refractivity contribution in [1.82, 2.24) is 10.2 Å². The van der Waals surface area contributed by atoms with E-state index in [1.807, 2.05) is 25.1 Å². The molecule has 1 aliphatic heterocycles. The van der Waals surface area contributed by atoms with Crippen molar-refractivity contribution in [3.63, 3.8) is 0 Å². The van der Waals surface area contributed by atoms with Gasteiger partial charge in [-0.25, -0.2) is 0 Å². The molecule has 132 valence electrons. The van der Waals surface area contributed by atoms with Crippen LogP contribution in [0.15, 0.2) is 36.4 Å². The molecule has 2 amide bonds. The number of hydrogen-bond acceptors (Lipinski definition) is 4. The van der Waals surface area contributed by atoms with E-state index in [9.17, 15) is 9.59 Å². The van der Waals surface area contributed by atoms with Gasteiger partial charge in [-0.15, -0.1) is 6.58 Å². The molecular weight excluding hydrogens is 336 g/mol. The van der Waals surface area contributed by atoms with Crippen molar-refractivity contribution >= 4 is 35.2 Å². The van der Waals surface area contributed by atoms with Crippen LogP contribution in [0.1, 0.15) is 37.8 Å². The third-order valence-corrected chi connectivity index (χ3v) is 4.12. The zero-order valence-corrected chi connectivity index (χ0v) is 15.5. The van der Waals surface area contributed by atoms with E-state index in [1.165, 1.54) is 4.90 Å². The van der Waals surface area contributed by atoms with Gasteiger partial charge < -0.3 is 4.74 Å². The summed E-state index contributed by atoms with van der Waals surface area (Å²) in [6, 6.07) is 5.79. The molecule has 5 nitrogen and oxygen atoms in total. The van der Waals surface area contributed by atoms with Gasteiger partial charge in [0.15, 0.2) is 5.11 Å². The number of rotatable bonds is 6. The van der Waals surface area contributed by atoms with Crippen LogP contribution in [0.3, 0.4) is 0 Å². The van der Waals surface area contributed by atoms with Crippen LogP contribution < -0.4 is 10.1 Å². The monoisotopic (exact) mass is 358 g/mol. The van der Waals surface area contributed by atoms with Gasteiger partial charge in [-0.2, -0.15) is 0 Å². The summed E-state index contributed by atoms with van der Waals surface area (Å²) in [5.74, 6) is -0.00395. The van der Waals surface area contributed by atoms with Crippen LogP contribution in [0.25, 0.3) is 6.08 Å². The van der Waals surface area contributed by atoms with Crippen molar-refractivity contribution in [2.45, 2.75) is 26.7 Å². The van der Waals surface area contributed by atoms with E-state index in [0.29, 0.717) is 23.8 Å². The molecule has 25 heavy (non-hydrogen) atoms. The molecule has 0 aromatic heterocycles. The number of nitrogens with zero attached hydrogens (tertiary/aromatic N) is 1. The molecule has 1 aromatic rings. The summed E-state index contributed by atoms with van der Waals surface area (Å²) in [6.07, 6.45) is 3.12. The van der Waals surface area contributed by atoms with Crippen LogP contribution in [-0.2, 0) is 9.59 Å². The molecule has 0 bridgehead atoms. The number of thiocarbonyl (C=S) groups is 1. The zero-order chi connectivity index (χ0) is 18.6. The largest absolute Gasteiger partial charge is 0.493 e. The fourth-order valence-electron chi connectivity index (χ4n) is 2.47. The summed E-state index contributed by atoms with van der Waals surface area (Å²) in [5.41, 5.74) is 1.81. The number of nitrogens with one attached hydrogen (secondary N) is 1. The number of hydrogen-bond donors (Lipinski definition) is 1. The average Bonchev–Trinajstić information content (AvgIpc) is 2.56. The number of amides is 2. The molecule has 0 aliphatic carbocycles. The first-order valence-electron chi connectivity index (χ1n) is 8.15. The summed E-state index contributed by atoms with van der Waals surface area (Å²) in [5, 5.41) is 2.64. The first-order valence-corrected chi connectivity index (χ1v) is 8.56. The lowest BCUT2D eigenvalue weighted by Gasteiger charge is -2.28. The number of benzene rings is 1. The molecule has 1 fully saturated rings. The Kier molecular flexibility index (Phi) is 6.09. The molecule has 1 aromatic carbocycles. The van der Waals surface area contributed by atoms with Crippen LogP contribution in [0, 0.1) is 0 Å². The molecule has 0 saturated carbocycles. The number of carbonyl (C=O) groups is 2. The molecular formula is C19H22N2O3S. The summed E-state index contributed by atoms with van der Waals surface area (Å²) < 4.78 is 5.64.